The van der Waals surface area contributed by atoms with Crippen LogP contribution in [0.2, 0.25) is 0 Å². The Morgan fingerprint density at radius 2 is 2.07 bits per heavy atom. The van der Waals surface area contributed by atoms with Crippen LogP contribution in [0.5, 0.6) is 5.19 Å². The molecule has 0 saturated heterocycles. The standard InChI is InChI=1S/C10H19N3OS/c1-7(2)5-8(3)14-10-13-12-9(15-10)6-11-4/h7-8,11H,5-6H2,1-4H3. The maximum atomic E-state index is 5.67. The molecule has 0 amide bonds. The van der Waals surface area contributed by atoms with Crippen LogP contribution in [0.4, 0.5) is 0 Å². The van der Waals surface area contributed by atoms with Crippen molar-refractivity contribution in [1.82, 2.24) is 15.5 Å². The fourth-order valence-electron chi connectivity index (χ4n) is 1.39. The zero-order valence-corrected chi connectivity index (χ0v) is 10.6. The van der Waals surface area contributed by atoms with Crippen LogP contribution in [0.15, 0.2) is 0 Å². The zero-order chi connectivity index (χ0) is 11.3. The summed E-state index contributed by atoms with van der Waals surface area (Å²) < 4.78 is 5.67. The van der Waals surface area contributed by atoms with Crippen LogP contribution < -0.4 is 10.1 Å². The predicted octanol–water partition coefficient (Wildman–Crippen LogP) is 2.07. The molecule has 0 spiro atoms. The summed E-state index contributed by atoms with van der Waals surface area (Å²) in [4.78, 5) is 0. The van der Waals surface area contributed by atoms with E-state index < -0.39 is 0 Å². The van der Waals surface area contributed by atoms with Crippen LogP contribution in [0.25, 0.3) is 0 Å². The van der Waals surface area contributed by atoms with E-state index in [-0.39, 0.29) is 6.10 Å². The molecule has 0 radical (unpaired) electrons. The van der Waals surface area contributed by atoms with Crippen molar-refractivity contribution in [3.8, 4) is 5.19 Å². The normalized spacial score (nSPS) is 13.1. The molecule has 1 rings (SSSR count). The summed E-state index contributed by atoms with van der Waals surface area (Å²) in [5.74, 6) is 0.643. The maximum absolute atomic E-state index is 5.67. The fraction of sp³-hybridized carbons (Fsp3) is 0.800. The second-order valence-electron chi connectivity index (χ2n) is 4.05. The van der Waals surface area contributed by atoms with Gasteiger partial charge in [0.2, 0.25) is 0 Å². The van der Waals surface area contributed by atoms with E-state index in [2.05, 4.69) is 36.3 Å². The van der Waals surface area contributed by atoms with Crippen LogP contribution >= 0.6 is 11.3 Å². The Hall–Kier alpha value is -0.680. The van der Waals surface area contributed by atoms with Gasteiger partial charge in [0.1, 0.15) is 5.01 Å². The molecule has 1 atom stereocenters. The first-order valence-corrected chi connectivity index (χ1v) is 6.07. The van der Waals surface area contributed by atoms with E-state index in [9.17, 15) is 0 Å². The molecule has 1 aromatic heterocycles. The Kier molecular flexibility index (Phi) is 4.98. The number of rotatable bonds is 6. The van der Waals surface area contributed by atoms with Crippen molar-refractivity contribution in [2.75, 3.05) is 7.05 Å². The van der Waals surface area contributed by atoms with Gasteiger partial charge in [0.05, 0.1) is 6.10 Å². The van der Waals surface area contributed by atoms with Crippen molar-refractivity contribution >= 4 is 11.3 Å². The quantitative estimate of drug-likeness (QED) is 0.811. The smallest absolute Gasteiger partial charge is 0.294 e. The minimum Gasteiger partial charge on any atom is -0.466 e. The molecule has 0 aliphatic heterocycles. The van der Waals surface area contributed by atoms with Gasteiger partial charge in [-0.05, 0) is 26.3 Å². The second kappa shape index (κ2) is 6.02. The third-order valence-corrected chi connectivity index (χ3v) is 2.70. The lowest BCUT2D eigenvalue weighted by atomic mass is 10.1. The molecule has 0 aliphatic carbocycles. The molecular weight excluding hydrogens is 210 g/mol. The van der Waals surface area contributed by atoms with E-state index in [0.717, 1.165) is 18.0 Å². The third kappa shape index (κ3) is 4.57. The first kappa shape index (κ1) is 12.4. The van der Waals surface area contributed by atoms with E-state index >= 15 is 0 Å². The SMILES string of the molecule is CNCc1nnc(OC(C)CC(C)C)s1. The average Bonchev–Trinajstić information content (AvgIpc) is 2.51. The van der Waals surface area contributed by atoms with Gasteiger partial charge in [0.15, 0.2) is 0 Å². The molecule has 0 bridgehead atoms. The van der Waals surface area contributed by atoms with Gasteiger partial charge < -0.3 is 10.1 Å². The first-order chi connectivity index (χ1) is 7.11. The van der Waals surface area contributed by atoms with Gasteiger partial charge in [-0.2, -0.15) is 0 Å². The molecule has 5 heteroatoms. The highest BCUT2D eigenvalue weighted by atomic mass is 32.1. The van der Waals surface area contributed by atoms with Crippen LogP contribution in [0.3, 0.4) is 0 Å². The van der Waals surface area contributed by atoms with Gasteiger partial charge in [-0.15, -0.1) is 5.10 Å². The van der Waals surface area contributed by atoms with Crippen molar-refractivity contribution in [1.29, 1.82) is 0 Å². The maximum Gasteiger partial charge on any atom is 0.294 e. The molecule has 0 saturated carbocycles. The number of nitrogens with one attached hydrogen (secondary N) is 1. The van der Waals surface area contributed by atoms with Gasteiger partial charge >= 0.3 is 0 Å². The minimum absolute atomic E-state index is 0.209. The monoisotopic (exact) mass is 229 g/mol. The molecule has 0 aliphatic rings. The summed E-state index contributed by atoms with van der Waals surface area (Å²) in [5, 5.41) is 12.7. The highest BCUT2D eigenvalue weighted by Crippen LogP contribution is 2.20. The Balaban J connectivity index is 2.42. The Morgan fingerprint density at radius 1 is 1.33 bits per heavy atom. The average molecular weight is 229 g/mol. The van der Waals surface area contributed by atoms with Gasteiger partial charge in [-0.3, -0.25) is 0 Å². The third-order valence-electron chi connectivity index (χ3n) is 1.88. The topological polar surface area (TPSA) is 47.0 Å². The number of ether oxygens (including phenoxy) is 1. The van der Waals surface area contributed by atoms with Crippen LogP contribution in [-0.4, -0.2) is 23.3 Å². The molecule has 1 heterocycles. The van der Waals surface area contributed by atoms with Crippen molar-refractivity contribution in [3.05, 3.63) is 5.01 Å². The highest BCUT2D eigenvalue weighted by Gasteiger charge is 2.10. The van der Waals surface area contributed by atoms with Crippen LogP contribution in [-0.2, 0) is 6.54 Å². The Bertz CT molecular complexity index is 288. The molecular formula is C10H19N3OS. The summed E-state index contributed by atoms with van der Waals surface area (Å²) in [6.07, 6.45) is 1.25. The Morgan fingerprint density at radius 3 is 2.67 bits per heavy atom. The number of hydrogen-bond donors (Lipinski definition) is 1. The van der Waals surface area contributed by atoms with E-state index in [1.807, 2.05) is 7.05 Å². The van der Waals surface area contributed by atoms with Crippen LogP contribution in [0.1, 0.15) is 32.2 Å². The molecule has 15 heavy (non-hydrogen) atoms. The molecule has 4 nitrogen and oxygen atoms in total. The second-order valence-corrected chi connectivity index (χ2v) is 5.07. The van der Waals surface area contributed by atoms with Gasteiger partial charge in [0, 0.05) is 6.54 Å². The summed E-state index contributed by atoms with van der Waals surface area (Å²) in [6, 6.07) is 0. The summed E-state index contributed by atoms with van der Waals surface area (Å²) in [5.41, 5.74) is 0. The van der Waals surface area contributed by atoms with Crippen molar-refractivity contribution < 1.29 is 4.74 Å². The Labute approximate surface area is 95.1 Å². The molecule has 0 aromatic carbocycles. The lowest BCUT2D eigenvalue weighted by molar-refractivity contribution is 0.191. The minimum atomic E-state index is 0.209. The lowest BCUT2D eigenvalue weighted by Crippen LogP contribution is -2.14. The number of aromatic nitrogens is 2. The van der Waals surface area contributed by atoms with E-state index in [1.165, 1.54) is 11.3 Å². The van der Waals surface area contributed by atoms with E-state index in [0.29, 0.717) is 11.1 Å². The lowest BCUT2D eigenvalue weighted by Gasteiger charge is -2.13. The molecule has 1 unspecified atom stereocenters. The van der Waals surface area contributed by atoms with Crippen molar-refractivity contribution in [2.45, 2.75) is 39.8 Å². The predicted molar refractivity (Wildman–Crippen MR) is 62.2 cm³/mol. The highest BCUT2D eigenvalue weighted by molar-refractivity contribution is 7.13. The van der Waals surface area contributed by atoms with Crippen molar-refractivity contribution in [3.63, 3.8) is 0 Å². The molecule has 86 valence electrons. The molecule has 1 N–H and O–H groups in total. The molecule has 1 aromatic rings. The van der Waals surface area contributed by atoms with Crippen LogP contribution in [0, 0.1) is 5.92 Å². The van der Waals surface area contributed by atoms with E-state index in [1.54, 1.807) is 0 Å². The van der Waals surface area contributed by atoms with Crippen molar-refractivity contribution in [2.24, 2.45) is 5.92 Å². The van der Waals surface area contributed by atoms with Gasteiger partial charge in [-0.1, -0.05) is 30.3 Å². The first-order valence-electron chi connectivity index (χ1n) is 5.25. The van der Waals surface area contributed by atoms with Gasteiger partial charge in [-0.25, -0.2) is 0 Å². The zero-order valence-electron chi connectivity index (χ0n) is 9.78. The fourth-order valence-corrected chi connectivity index (χ4v) is 2.19. The summed E-state index contributed by atoms with van der Waals surface area (Å²) >= 11 is 1.51. The van der Waals surface area contributed by atoms with E-state index in [4.69, 9.17) is 4.74 Å². The van der Waals surface area contributed by atoms with Gasteiger partial charge in [0.25, 0.3) is 5.19 Å². The largest absolute Gasteiger partial charge is 0.466 e. The summed E-state index contributed by atoms with van der Waals surface area (Å²) in [6.45, 7) is 7.19. The summed E-state index contributed by atoms with van der Waals surface area (Å²) in [7, 11) is 1.89. The molecule has 0 fully saturated rings. The number of hydrogen-bond acceptors (Lipinski definition) is 5. The number of nitrogens with zero attached hydrogens (tertiary/aromatic N) is 2.